The van der Waals surface area contributed by atoms with Crippen molar-refractivity contribution in [1.82, 2.24) is 0 Å². The summed E-state index contributed by atoms with van der Waals surface area (Å²) < 4.78 is 15.4. The zero-order chi connectivity index (χ0) is 27.6. The van der Waals surface area contributed by atoms with Gasteiger partial charge < -0.3 is 19.3 Å². The molecule has 0 radical (unpaired) electrons. The van der Waals surface area contributed by atoms with E-state index in [0.29, 0.717) is 22.6 Å². The van der Waals surface area contributed by atoms with E-state index in [0.717, 1.165) is 0 Å². The highest BCUT2D eigenvalue weighted by Gasteiger charge is 2.47. The molecule has 1 aliphatic rings. The van der Waals surface area contributed by atoms with E-state index in [1.165, 1.54) is 38.4 Å². The number of amides is 1. The highest BCUT2D eigenvalue weighted by Crippen LogP contribution is 2.45. The molecule has 1 heterocycles. The number of aliphatic hydroxyl groups is 1. The van der Waals surface area contributed by atoms with Gasteiger partial charge in [-0.2, -0.15) is 0 Å². The molecule has 3 aromatic carbocycles. The standard InChI is InChI=1S/C28H23Cl2NO7/c1-36-19-6-4-5-16(12-19)24-23(25(33)20-13-17(29)14-21(30)27(20)38-3)26(34)28(35)31(24)18-9-7-15(8-10-18)11-22(32)37-2/h4-10,12-14,24,33H,11H2,1-3H3/b25-23+. The first-order valence-electron chi connectivity index (χ1n) is 11.3. The molecule has 0 saturated carbocycles. The molecule has 38 heavy (non-hydrogen) atoms. The first-order chi connectivity index (χ1) is 18.2. The minimum absolute atomic E-state index is 0.0459. The summed E-state index contributed by atoms with van der Waals surface area (Å²) in [5.41, 5.74) is 1.43. The topological polar surface area (TPSA) is 102 Å². The number of hydrogen-bond donors (Lipinski definition) is 1. The lowest BCUT2D eigenvalue weighted by atomic mass is 9.94. The van der Waals surface area contributed by atoms with Gasteiger partial charge in [0.25, 0.3) is 11.7 Å². The van der Waals surface area contributed by atoms with Crippen molar-refractivity contribution in [2.75, 3.05) is 26.2 Å². The van der Waals surface area contributed by atoms with Gasteiger partial charge in [-0.05, 0) is 47.5 Å². The van der Waals surface area contributed by atoms with Crippen LogP contribution < -0.4 is 14.4 Å². The lowest BCUT2D eigenvalue weighted by Gasteiger charge is -2.26. The number of ether oxygens (including phenoxy) is 3. The van der Waals surface area contributed by atoms with Crippen LogP contribution in [-0.2, 0) is 25.5 Å². The molecule has 1 amide bonds. The number of carbonyl (C=O) groups excluding carboxylic acids is 3. The fourth-order valence-corrected chi connectivity index (χ4v) is 4.90. The summed E-state index contributed by atoms with van der Waals surface area (Å²) in [6.07, 6.45) is 0.0459. The zero-order valence-corrected chi connectivity index (χ0v) is 22.2. The van der Waals surface area contributed by atoms with Gasteiger partial charge >= 0.3 is 5.97 Å². The van der Waals surface area contributed by atoms with Gasteiger partial charge in [0.1, 0.15) is 17.3 Å². The second-order valence-electron chi connectivity index (χ2n) is 8.33. The Bertz CT molecular complexity index is 1450. The van der Waals surface area contributed by atoms with E-state index < -0.39 is 29.5 Å². The van der Waals surface area contributed by atoms with Gasteiger partial charge in [-0.25, -0.2) is 0 Å². The molecule has 0 aliphatic carbocycles. The molecule has 3 aromatic rings. The molecule has 10 heteroatoms. The van der Waals surface area contributed by atoms with Crippen molar-refractivity contribution in [3.05, 3.63) is 93.0 Å². The molecule has 1 fully saturated rings. The molecule has 4 rings (SSSR count). The number of hydrogen-bond acceptors (Lipinski definition) is 7. The van der Waals surface area contributed by atoms with Crippen LogP contribution in [-0.4, -0.2) is 44.1 Å². The summed E-state index contributed by atoms with van der Waals surface area (Å²) in [4.78, 5) is 39.8. The molecule has 0 spiro atoms. The lowest BCUT2D eigenvalue weighted by Crippen LogP contribution is -2.29. The molecule has 1 atom stereocenters. The van der Waals surface area contributed by atoms with Crippen molar-refractivity contribution in [3.63, 3.8) is 0 Å². The Morgan fingerprint density at radius 2 is 1.68 bits per heavy atom. The van der Waals surface area contributed by atoms with Crippen LogP contribution in [0, 0.1) is 0 Å². The Kier molecular flexibility index (Phi) is 7.94. The predicted molar refractivity (Wildman–Crippen MR) is 143 cm³/mol. The van der Waals surface area contributed by atoms with E-state index in [-0.39, 0.29) is 33.4 Å². The molecular weight excluding hydrogens is 533 g/mol. The third-order valence-electron chi connectivity index (χ3n) is 6.11. The van der Waals surface area contributed by atoms with Gasteiger partial charge in [0.15, 0.2) is 0 Å². The van der Waals surface area contributed by atoms with Crippen LogP contribution in [0.1, 0.15) is 22.7 Å². The summed E-state index contributed by atoms with van der Waals surface area (Å²) in [5, 5.41) is 11.8. The van der Waals surface area contributed by atoms with Crippen LogP contribution in [0.5, 0.6) is 11.5 Å². The van der Waals surface area contributed by atoms with Crippen molar-refractivity contribution in [2.24, 2.45) is 0 Å². The number of esters is 1. The Labute approximate surface area is 228 Å². The van der Waals surface area contributed by atoms with Gasteiger partial charge in [0.2, 0.25) is 0 Å². The van der Waals surface area contributed by atoms with E-state index in [1.807, 2.05) is 0 Å². The third kappa shape index (κ3) is 5.05. The molecule has 1 N–H and O–H groups in total. The first-order valence-corrected chi connectivity index (χ1v) is 12.1. The summed E-state index contributed by atoms with van der Waals surface area (Å²) in [7, 11) is 4.15. The first kappa shape index (κ1) is 27.0. The highest BCUT2D eigenvalue weighted by molar-refractivity contribution is 6.52. The summed E-state index contributed by atoms with van der Waals surface area (Å²) in [6.45, 7) is 0. The number of benzene rings is 3. The molecule has 1 aliphatic heterocycles. The van der Waals surface area contributed by atoms with Crippen LogP contribution >= 0.6 is 23.2 Å². The maximum atomic E-state index is 13.5. The van der Waals surface area contributed by atoms with Crippen LogP contribution in [0.15, 0.2) is 66.2 Å². The van der Waals surface area contributed by atoms with Crippen molar-refractivity contribution < 1.29 is 33.7 Å². The number of anilines is 1. The van der Waals surface area contributed by atoms with E-state index >= 15 is 0 Å². The Morgan fingerprint density at radius 1 is 0.974 bits per heavy atom. The van der Waals surface area contributed by atoms with Crippen LogP contribution in [0.2, 0.25) is 10.0 Å². The summed E-state index contributed by atoms with van der Waals surface area (Å²) in [5.74, 6) is -2.09. The Morgan fingerprint density at radius 3 is 2.32 bits per heavy atom. The van der Waals surface area contributed by atoms with Crippen molar-refractivity contribution in [2.45, 2.75) is 12.5 Å². The Balaban J connectivity index is 1.93. The maximum absolute atomic E-state index is 13.5. The third-order valence-corrected chi connectivity index (χ3v) is 6.61. The number of rotatable bonds is 7. The lowest BCUT2D eigenvalue weighted by molar-refractivity contribution is -0.139. The van der Waals surface area contributed by atoms with Gasteiger partial charge in [0, 0.05) is 10.7 Å². The fourth-order valence-electron chi connectivity index (χ4n) is 4.33. The highest BCUT2D eigenvalue weighted by atomic mass is 35.5. The molecule has 1 unspecified atom stereocenters. The number of Topliss-reactive ketones (excluding diaryl/α,β-unsaturated/α-hetero) is 1. The molecule has 0 bridgehead atoms. The van der Waals surface area contributed by atoms with Gasteiger partial charge in [-0.1, -0.05) is 47.5 Å². The molecular formula is C28H23Cl2NO7. The predicted octanol–water partition coefficient (Wildman–Crippen LogP) is 5.35. The normalized spacial score (nSPS) is 16.4. The van der Waals surface area contributed by atoms with Crippen LogP contribution in [0.4, 0.5) is 5.69 Å². The number of methoxy groups -OCH3 is 3. The molecule has 0 aromatic heterocycles. The molecule has 1 saturated heterocycles. The second kappa shape index (κ2) is 11.2. The minimum Gasteiger partial charge on any atom is -0.507 e. The summed E-state index contributed by atoms with van der Waals surface area (Å²) >= 11 is 12.5. The van der Waals surface area contributed by atoms with Gasteiger partial charge in [-0.3, -0.25) is 19.3 Å². The number of ketones is 1. The van der Waals surface area contributed by atoms with E-state index in [4.69, 9.17) is 37.4 Å². The Hall–Kier alpha value is -4.01. The van der Waals surface area contributed by atoms with Gasteiger partial charge in [0.05, 0.1) is 50.0 Å². The SMILES string of the molecule is COC(=O)Cc1ccc(N2C(=O)C(=O)/C(=C(/O)c3cc(Cl)cc(Cl)c3OC)C2c2cccc(OC)c2)cc1. The van der Waals surface area contributed by atoms with E-state index in [9.17, 15) is 19.5 Å². The quantitative estimate of drug-likeness (QED) is 0.181. The van der Waals surface area contributed by atoms with Crippen molar-refractivity contribution in [1.29, 1.82) is 0 Å². The van der Waals surface area contributed by atoms with Crippen LogP contribution in [0.25, 0.3) is 5.76 Å². The smallest absolute Gasteiger partial charge is 0.309 e. The largest absolute Gasteiger partial charge is 0.507 e. The summed E-state index contributed by atoms with van der Waals surface area (Å²) in [6, 6.07) is 15.2. The van der Waals surface area contributed by atoms with Gasteiger partial charge in [-0.15, -0.1) is 0 Å². The number of halogens is 2. The fraction of sp³-hybridized carbons (Fsp3) is 0.179. The van der Waals surface area contributed by atoms with Crippen LogP contribution in [0.3, 0.4) is 0 Å². The van der Waals surface area contributed by atoms with E-state index in [2.05, 4.69) is 0 Å². The average molecular weight is 556 g/mol. The monoisotopic (exact) mass is 555 g/mol. The maximum Gasteiger partial charge on any atom is 0.309 e. The average Bonchev–Trinajstić information content (AvgIpc) is 3.18. The van der Waals surface area contributed by atoms with E-state index in [1.54, 1.807) is 48.5 Å². The molecule has 8 nitrogen and oxygen atoms in total. The molecule has 196 valence electrons. The zero-order valence-electron chi connectivity index (χ0n) is 20.7. The second-order valence-corrected chi connectivity index (χ2v) is 9.18. The van der Waals surface area contributed by atoms with Crippen molar-refractivity contribution in [3.8, 4) is 11.5 Å². The number of nitrogens with zero attached hydrogens (tertiary/aromatic N) is 1. The minimum atomic E-state index is -1.03. The van der Waals surface area contributed by atoms with Crippen molar-refractivity contribution >= 4 is 52.3 Å². The number of aliphatic hydroxyl groups excluding tert-OH is 1. The number of carbonyl (C=O) groups is 3.